The Morgan fingerprint density at radius 3 is 1.77 bits per heavy atom. The summed E-state index contributed by atoms with van der Waals surface area (Å²) in [6.45, 7) is 0. The number of benzene rings is 4. The van der Waals surface area contributed by atoms with E-state index in [9.17, 15) is 4.39 Å². The van der Waals surface area contributed by atoms with Gasteiger partial charge in [-0.15, -0.1) is 0 Å². The Morgan fingerprint density at radius 1 is 0.581 bits per heavy atom. The lowest BCUT2D eigenvalue weighted by Gasteiger charge is -2.40. The molecule has 0 aliphatic carbocycles. The number of rotatable bonds is 3. The number of hydrogen-bond donors (Lipinski definition) is 0. The molecule has 2 aliphatic rings. The quantitative estimate of drug-likeness (QED) is 0.369. The first-order valence-corrected chi connectivity index (χ1v) is 10.5. The van der Waals surface area contributed by atoms with Crippen LogP contribution in [0.25, 0.3) is 0 Å². The summed E-state index contributed by atoms with van der Waals surface area (Å²) in [6.07, 6.45) is 0.113. The molecule has 0 aromatic heterocycles. The zero-order chi connectivity index (χ0) is 21.1. The van der Waals surface area contributed by atoms with Gasteiger partial charge in [0, 0.05) is 6.42 Å². The molecule has 4 aromatic rings. The molecule has 0 radical (unpaired) electrons. The maximum absolute atomic E-state index is 17.6. The van der Waals surface area contributed by atoms with Gasteiger partial charge in [0.05, 0.1) is 0 Å². The standard InChI is InChI=1S/C28H20F2O/c29-23-17-15-21(16-18-23)27(30)19-26(20-9-3-1-4-10-20)24-13-7-8-14-25(24)28(27,31-26)22-11-5-2-6-12-22/h1-18H,19H2/t26-,27+,28+/m1/s1. The number of halogens is 2. The number of fused-ring (bicyclic) bond motifs is 5. The lowest BCUT2D eigenvalue weighted by atomic mass is 9.62. The molecule has 0 amide bonds. The van der Waals surface area contributed by atoms with E-state index >= 15 is 4.39 Å². The van der Waals surface area contributed by atoms with Crippen molar-refractivity contribution < 1.29 is 13.5 Å². The lowest BCUT2D eigenvalue weighted by molar-refractivity contribution is -0.0839. The molecule has 2 aliphatic heterocycles. The van der Waals surface area contributed by atoms with Gasteiger partial charge in [0.2, 0.25) is 0 Å². The van der Waals surface area contributed by atoms with E-state index in [0.717, 1.165) is 22.3 Å². The summed E-state index contributed by atoms with van der Waals surface area (Å²) in [4.78, 5) is 0. The Bertz CT molecular complexity index is 1260. The van der Waals surface area contributed by atoms with Gasteiger partial charge in [0.25, 0.3) is 0 Å². The molecule has 0 spiro atoms. The van der Waals surface area contributed by atoms with Crippen LogP contribution in [0.5, 0.6) is 0 Å². The Balaban J connectivity index is 1.71. The van der Waals surface area contributed by atoms with Crippen LogP contribution in [-0.4, -0.2) is 0 Å². The zero-order valence-electron chi connectivity index (χ0n) is 16.8. The summed E-state index contributed by atoms with van der Waals surface area (Å²) in [6, 6.07) is 33.0. The topological polar surface area (TPSA) is 9.23 Å². The molecular weight excluding hydrogens is 390 g/mol. The summed E-state index contributed by atoms with van der Waals surface area (Å²) in [7, 11) is 0. The molecule has 1 fully saturated rings. The highest BCUT2D eigenvalue weighted by Gasteiger charge is 2.74. The van der Waals surface area contributed by atoms with Gasteiger partial charge in [0.1, 0.15) is 11.4 Å². The van der Waals surface area contributed by atoms with Gasteiger partial charge in [-0.1, -0.05) is 97.1 Å². The summed E-state index contributed by atoms with van der Waals surface area (Å²) < 4.78 is 38.2. The summed E-state index contributed by atoms with van der Waals surface area (Å²) in [5.74, 6) is -0.386. The Labute approximate surface area is 179 Å². The van der Waals surface area contributed by atoms with Crippen molar-refractivity contribution in [3.63, 3.8) is 0 Å². The van der Waals surface area contributed by atoms with Crippen LogP contribution in [0.15, 0.2) is 109 Å². The molecular formula is C28H20F2O. The fourth-order valence-corrected chi connectivity index (χ4v) is 5.57. The number of alkyl halides is 1. The van der Waals surface area contributed by atoms with E-state index in [1.165, 1.54) is 12.1 Å². The van der Waals surface area contributed by atoms with E-state index in [2.05, 4.69) is 0 Å². The van der Waals surface area contributed by atoms with Gasteiger partial charge in [0.15, 0.2) is 11.3 Å². The lowest BCUT2D eigenvalue weighted by Crippen LogP contribution is -2.44. The highest BCUT2D eigenvalue weighted by molar-refractivity contribution is 5.60. The molecule has 6 rings (SSSR count). The second-order valence-corrected chi connectivity index (χ2v) is 8.37. The summed E-state index contributed by atoms with van der Waals surface area (Å²) in [5, 5.41) is 0. The molecule has 1 saturated heterocycles. The van der Waals surface area contributed by atoms with Gasteiger partial charge in [-0.05, 0) is 39.9 Å². The molecule has 3 heteroatoms. The smallest absolute Gasteiger partial charge is 0.176 e. The molecule has 0 unspecified atom stereocenters. The van der Waals surface area contributed by atoms with Crippen molar-refractivity contribution in [2.45, 2.75) is 23.3 Å². The second-order valence-electron chi connectivity index (χ2n) is 8.37. The Kier molecular flexibility index (Phi) is 3.78. The van der Waals surface area contributed by atoms with Crippen LogP contribution in [0, 0.1) is 5.82 Å². The van der Waals surface area contributed by atoms with Crippen LogP contribution in [-0.2, 0) is 21.6 Å². The van der Waals surface area contributed by atoms with Crippen LogP contribution >= 0.6 is 0 Å². The fraction of sp³-hybridized carbons (Fsp3) is 0.143. The molecule has 2 heterocycles. The molecule has 1 nitrogen and oxygen atoms in total. The zero-order valence-corrected chi connectivity index (χ0v) is 16.8. The van der Waals surface area contributed by atoms with E-state index in [0.29, 0.717) is 5.56 Å². The van der Waals surface area contributed by atoms with Crippen LogP contribution in [0.4, 0.5) is 8.78 Å². The predicted molar refractivity (Wildman–Crippen MR) is 116 cm³/mol. The molecule has 0 N–H and O–H groups in total. The van der Waals surface area contributed by atoms with Crippen LogP contribution < -0.4 is 0 Å². The largest absolute Gasteiger partial charge is 0.346 e. The van der Waals surface area contributed by atoms with Crippen molar-refractivity contribution in [1.82, 2.24) is 0 Å². The summed E-state index contributed by atoms with van der Waals surface area (Å²) in [5.41, 5.74) is -0.248. The van der Waals surface area contributed by atoms with Crippen LogP contribution in [0.2, 0.25) is 0 Å². The van der Waals surface area contributed by atoms with Crippen LogP contribution in [0.3, 0.4) is 0 Å². The minimum absolute atomic E-state index is 0.113. The average molecular weight is 410 g/mol. The number of ether oxygens (including phenoxy) is 1. The average Bonchev–Trinajstić information content (AvgIpc) is 3.29. The third-order valence-corrected chi connectivity index (χ3v) is 6.84. The highest BCUT2D eigenvalue weighted by Crippen LogP contribution is 2.71. The van der Waals surface area contributed by atoms with Crippen LogP contribution in [0.1, 0.15) is 34.2 Å². The van der Waals surface area contributed by atoms with Crippen molar-refractivity contribution in [3.05, 3.63) is 143 Å². The van der Waals surface area contributed by atoms with E-state index < -0.39 is 16.9 Å². The third-order valence-electron chi connectivity index (χ3n) is 6.84. The van der Waals surface area contributed by atoms with Crippen molar-refractivity contribution in [3.8, 4) is 0 Å². The van der Waals surface area contributed by atoms with Crippen molar-refractivity contribution in [1.29, 1.82) is 0 Å². The van der Waals surface area contributed by atoms with Gasteiger partial charge >= 0.3 is 0 Å². The molecule has 152 valence electrons. The first-order valence-electron chi connectivity index (χ1n) is 10.5. The van der Waals surface area contributed by atoms with Crippen molar-refractivity contribution in [2.24, 2.45) is 0 Å². The SMILES string of the molecule is Fc1ccc([C@@]2(F)C[C@]3(c4ccccc4)O[C@@]2(c2ccccc2)c2ccccc23)cc1. The second kappa shape index (κ2) is 6.35. The Morgan fingerprint density at radius 2 is 1.13 bits per heavy atom. The predicted octanol–water partition coefficient (Wildman–Crippen LogP) is 6.61. The minimum atomic E-state index is -1.88. The maximum atomic E-state index is 17.6. The molecule has 4 aromatic carbocycles. The first kappa shape index (κ1) is 18.5. The molecule has 3 atom stereocenters. The van der Waals surface area contributed by atoms with Gasteiger partial charge < -0.3 is 4.74 Å². The third kappa shape index (κ3) is 2.27. The van der Waals surface area contributed by atoms with E-state index in [1.54, 1.807) is 12.1 Å². The normalized spacial score (nSPS) is 28.5. The molecule has 31 heavy (non-hydrogen) atoms. The minimum Gasteiger partial charge on any atom is -0.346 e. The Hall–Kier alpha value is -3.30. The van der Waals surface area contributed by atoms with Crippen molar-refractivity contribution in [2.75, 3.05) is 0 Å². The van der Waals surface area contributed by atoms with Gasteiger partial charge in [-0.25, -0.2) is 8.78 Å². The summed E-state index contributed by atoms with van der Waals surface area (Å²) >= 11 is 0. The maximum Gasteiger partial charge on any atom is 0.176 e. The van der Waals surface area contributed by atoms with Gasteiger partial charge in [-0.2, -0.15) is 0 Å². The van der Waals surface area contributed by atoms with E-state index in [-0.39, 0.29) is 12.2 Å². The number of hydrogen-bond acceptors (Lipinski definition) is 1. The molecule has 0 saturated carbocycles. The van der Waals surface area contributed by atoms with E-state index in [4.69, 9.17) is 4.74 Å². The van der Waals surface area contributed by atoms with Gasteiger partial charge in [-0.3, -0.25) is 0 Å². The van der Waals surface area contributed by atoms with Crippen molar-refractivity contribution >= 4 is 0 Å². The van der Waals surface area contributed by atoms with E-state index in [1.807, 2.05) is 84.9 Å². The first-order chi connectivity index (χ1) is 15.1. The monoisotopic (exact) mass is 410 g/mol. The fourth-order valence-electron chi connectivity index (χ4n) is 5.57. The highest BCUT2D eigenvalue weighted by atomic mass is 19.1. The molecule has 2 bridgehead atoms.